The summed E-state index contributed by atoms with van der Waals surface area (Å²) in [6.45, 7) is 3.14. The lowest BCUT2D eigenvalue weighted by Gasteiger charge is -2.25. The number of carbonyl (C=O) groups excluding carboxylic acids is 1. The highest BCUT2D eigenvalue weighted by Gasteiger charge is 2.24. The van der Waals surface area contributed by atoms with E-state index in [1.165, 1.54) is 12.1 Å². The van der Waals surface area contributed by atoms with Gasteiger partial charge in [-0.3, -0.25) is 4.79 Å². The number of halogens is 1. The van der Waals surface area contributed by atoms with Gasteiger partial charge in [-0.1, -0.05) is 18.9 Å². The molecule has 1 aliphatic rings. The average Bonchev–Trinajstić information content (AvgIpc) is 2.71. The van der Waals surface area contributed by atoms with Crippen LogP contribution in [0.15, 0.2) is 18.2 Å². The van der Waals surface area contributed by atoms with Gasteiger partial charge in [0.2, 0.25) is 0 Å². The Balaban J connectivity index is 2.03. The van der Waals surface area contributed by atoms with Crippen LogP contribution in [0.4, 0.5) is 10.1 Å². The van der Waals surface area contributed by atoms with Gasteiger partial charge in [0.1, 0.15) is 0 Å². The fourth-order valence-electron chi connectivity index (χ4n) is 2.43. The molecule has 0 radical (unpaired) electrons. The Kier molecular flexibility index (Phi) is 4.82. The highest BCUT2D eigenvalue weighted by atomic mass is 19.1. The second-order valence-corrected chi connectivity index (χ2v) is 5.16. The molecule has 1 atom stereocenters. The molecule has 1 aliphatic heterocycles. The van der Waals surface area contributed by atoms with Crippen LogP contribution in [-0.2, 0) is 4.79 Å². The zero-order valence-corrected chi connectivity index (χ0v) is 11.8. The average molecular weight is 280 g/mol. The summed E-state index contributed by atoms with van der Waals surface area (Å²) in [6, 6.07) is 4.34. The SMILES string of the molecule is CC(Oc1c(N)cccc1F)C(=O)N1CCCCCC1. The summed E-state index contributed by atoms with van der Waals surface area (Å²) >= 11 is 0. The zero-order chi connectivity index (χ0) is 14.5. The molecule has 20 heavy (non-hydrogen) atoms. The predicted octanol–water partition coefficient (Wildman–Crippen LogP) is 2.58. The van der Waals surface area contributed by atoms with Crippen molar-refractivity contribution in [3.8, 4) is 5.75 Å². The minimum atomic E-state index is -0.729. The third-order valence-electron chi connectivity index (χ3n) is 3.56. The number of ether oxygens (including phenoxy) is 1. The second-order valence-electron chi connectivity index (χ2n) is 5.16. The molecule has 0 aromatic heterocycles. The number of amides is 1. The monoisotopic (exact) mass is 280 g/mol. The molecule has 5 heteroatoms. The highest BCUT2D eigenvalue weighted by Crippen LogP contribution is 2.26. The number of benzene rings is 1. The van der Waals surface area contributed by atoms with Crippen LogP contribution in [0.5, 0.6) is 5.75 Å². The molecule has 2 N–H and O–H groups in total. The van der Waals surface area contributed by atoms with E-state index in [-0.39, 0.29) is 17.3 Å². The molecule has 4 nitrogen and oxygen atoms in total. The van der Waals surface area contributed by atoms with Gasteiger partial charge in [0.25, 0.3) is 5.91 Å². The van der Waals surface area contributed by atoms with E-state index >= 15 is 0 Å². The van der Waals surface area contributed by atoms with Crippen molar-refractivity contribution in [3.05, 3.63) is 24.0 Å². The van der Waals surface area contributed by atoms with Crippen molar-refractivity contribution < 1.29 is 13.9 Å². The first-order valence-corrected chi connectivity index (χ1v) is 7.09. The van der Waals surface area contributed by atoms with Gasteiger partial charge >= 0.3 is 0 Å². The molecule has 0 bridgehead atoms. The standard InChI is InChI=1S/C15H21FN2O2/c1-11(15(19)18-9-4-2-3-5-10-18)20-14-12(16)7-6-8-13(14)17/h6-8,11H,2-5,9-10,17H2,1H3. The molecule has 110 valence electrons. The Hall–Kier alpha value is -1.78. The van der Waals surface area contributed by atoms with Gasteiger partial charge in [0.05, 0.1) is 5.69 Å². The van der Waals surface area contributed by atoms with Crippen molar-refractivity contribution in [1.29, 1.82) is 0 Å². The number of nitrogens with two attached hydrogens (primary N) is 1. The maximum Gasteiger partial charge on any atom is 0.263 e. The number of para-hydroxylation sites is 1. The molecular weight excluding hydrogens is 259 g/mol. The van der Waals surface area contributed by atoms with Gasteiger partial charge in [-0.2, -0.15) is 0 Å². The summed E-state index contributed by atoms with van der Waals surface area (Å²) in [5.41, 5.74) is 5.89. The number of rotatable bonds is 3. The lowest BCUT2D eigenvalue weighted by Crippen LogP contribution is -2.41. The van der Waals surface area contributed by atoms with Crippen LogP contribution in [0.3, 0.4) is 0 Å². The molecule has 1 fully saturated rings. The normalized spacial score (nSPS) is 17.4. The van der Waals surface area contributed by atoms with E-state index in [1.54, 1.807) is 17.9 Å². The highest BCUT2D eigenvalue weighted by molar-refractivity contribution is 5.81. The maximum atomic E-state index is 13.7. The summed E-state index contributed by atoms with van der Waals surface area (Å²) in [6.07, 6.45) is 3.60. The van der Waals surface area contributed by atoms with E-state index in [0.29, 0.717) is 0 Å². The zero-order valence-electron chi connectivity index (χ0n) is 11.8. The van der Waals surface area contributed by atoms with Crippen LogP contribution < -0.4 is 10.5 Å². The quantitative estimate of drug-likeness (QED) is 0.866. The van der Waals surface area contributed by atoms with E-state index in [4.69, 9.17) is 10.5 Å². The molecule has 0 spiro atoms. The number of anilines is 1. The number of likely N-dealkylation sites (tertiary alicyclic amines) is 1. The van der Waals surface area contributed by atoms with Crippen LogP contribution in [0.1, 0.15) is 32.6 Å². The molecular formula is C15H21FN2O2. The summed E-state index contributed by atoms with van der Waals surface area (Å²) in [5.74, 6) is -0.682. The number of hydrogen-bond acceptors (Lipinski definition) is 3. The largest absolute Gasteiger partial charge is 0.476 e. The van der Waals surface area contributed by atoms with Gasteiger partial charge in [0, 0.05) is 13.1 Å². The van der Waals surface area contributed by atoms with Crippen molar-refractivity contribution in [2.45, 2.75) is 38.7 Å². The van der Waals surface area contributed by atoms with Crippen LogP contribution in [-0.4, -0.2) is 30.0 Å². The fourth-order valence-corrected chi connectivity index (χ4v) is 2.43. The molecule has 1 aromatic carbocycles. The van der Waals surface area contributed by atoms with Crippen molar-refractivity contribution in [3.63, 3.8) is 0 Å². The van der Waals surface area contributed by atoms with Crippen LogP contribution in [0.25, 0.3) is 0 Å². The first-order chi connectivity index (χ1) is 9.59. The molecule has 0 saturated carbocycles. The van der Waals surface area contributed by atoms with Crippen molar-refractivity contribution in [2.75, 3.05) is 18.8 Å². The lowest BCUT2D eigenvalue weighted by molar-refractivity contribution is -0.137. The number of carbonyl (C=O) groups is 1. The Bertz CT molecular complexity index is 451. The summed E-state index contributed by atoms with van der Waals surface area (Å²) in [5, 5.41) is 0. The van der Waals surface area contributed by atoms with E-state index in [9.17, 15) is 9.18 Å². The van der Waals surface area contributed by atoms with Crippen LogP contribution in [0.2, 0.25) is 0 Å². The third kappa shape index (κ3) is 3.40. The lowest BCUT2D eigenvalue weighted by atomic mass is 10.2. The number of nitrogens with zero attached hydrogens (tertiary/aromatic N) is 1. The van der Waals surface area contributed by atoms with Gasteiger partial charge in [0.15, 0.2) is 17.7 Å². The van der Waals surface area contributed by atoms with Crippen molar-refractivity contribution in [1.82, 2.24) is 4.90 Å². The first-order valence-electron chi connectivity index (χ1n) is 7.09. The van der Waals surface area contributed by atoms with Gasteiger partial charge < -0.3 is 15.4 Å². The molecule has 1 saturated heterocycles. The summed E-state index contributed by atoms with van der Waals surface area (Å²) in [4.78, 5) is 14.1. The minimum Gasteiger partial charge on any atom is -0.476 e. The number of hydrogen-bond donors (Lipinski definition) is 1. The van der Waals surface area contributed by atoms with E-state index in [1.807, 2.05) is 0 Å². The first kappa shape index (κ1) is 14.6. The van der Waals surface area contributed by atoms with Crippen LogP contribution in [0, 0.1) is 5.82 Å². The Morgan fingerprint density at radius 3 is 2.55 bits per heavy atom. The summed E-state index contributed by atoms with van der Waals surface area (Å²) in [7, 11) is 0. The van der Waals surface area contributed by atoms with Crippen molar-refractivity contribution in [2.24, 2.45) is 0 Å². The maximum absolute atomic E-state index is 13.7. The summed E-state index contributed by atoms with van der Waals surface area (Å²) < 4.78 is 19.1. The van der Waals surface area contributed by atoms with E-state index in [0.717, 1.165) is 38.8 Å². The number of nitrogen functional groups attached to an aromatic ring is 1. The topological polar surface area (TPSA) is 55.6 Å². The van der Waals surface area contributed by atoms with Crippen LogP contribution >= 0.6 is 0 Å². The predicted molar refractivity (Wildman–Crippen MR) is 76.0 cm³/mol. The van der Waals surface area contributed by atoms with Crippen molar-refractivity contribution >= 4 is 11.6 Å². The van der Waals surface area contributed by atoms with Gasteiger partial charge in [-0.05, 0) is 31.9 Å². The second kappa shape index (κ2) is 6.59. The molecule has 2 rings (SSSR count). The van der Waals surface area contributed by atoms with E-state index < -0.39 is 11.9 Å². The van der Waals surface area contributed by atoms with E-state index in [2.05, 4.69) is 0 Å². The Morgan fingerprint density at radius 2 is 1.95 bits per heavy atom. The third-order valence-corrected chi connectivity index (χ3v) is 3.56. The Morgan fingerprint density at radius 1 is 1.30 bits per heavy atom. The van der Waals surface area contributed by atoms with Gasteiger partial charge in [-0.25, -0.2) is 4.39 Å². The van der Waals surface area contributed by atoms with Gasteiger partial charge in [-0.15, -0.1) is 0 Å². The molecule has 1 unspecified atom stereocenters. The Labute approximate surface area is 118 Å². The molecule has 1 aromatic rings. The fraction of sp³-hybridized carbons (Fsp3) is 0.533. The molecule has 1 heterocycles. The minimum absolute atomic E-state index is 0.0387. The molecule has 0 aliphatic carbocycles. The molecule has 1 amide bonds. The smallest absolute Gasteiger partial charge is 0.263 e.